The number of carbonyl (C=O) groups excluding carboxylic acids is 2. The van der Waals surface area contributed by atoms with Crippen LogP contribution in [0.15, 0.2) is 59.1 Å². The van der Waals surface area contributed by atoms with Gasteiger partial charge in [-0.25, -0.2) is 29.1 Å². The summed E-state index contributed by atoms with van der Waals surface area (Å²) in [5.74, 6) is -1.21. The number of phosphoric acid groups is 1. The number of aliphatic hydroxyl groups excluding tert-OH is 2. The highest BCUT2D eigenvalue weighted by Gasteiger charge is 2.56. The molecule has 1 amide bonds. The largest absolute Gasteiger partial charge is 0.469 e. The third-order valence-electron chi connectivity index (χ3n) is 8.97. The molecular formula is C30H36N12O16P2. The average molecular weight is 883 g/mol. The zero-order valence-electron chi connectivity index (χ0n) is 30.6. The van der Waals surface area contributed by atoms with Crippen molar-refractivity contribution in [1.29, 1.82) is 0 Å². The Hall–Kier alpha value is -5.60. The lowest BCUT2D eigenvalue weighted by atomic mass is 10.1. The van der Waals surface area contributed by atoms with Gasteiger partial charge in [-0.05, 0) is 17.2 Å². The fourth-order valence-corrected chi connectivity index (χ4v) is 8.21. The number of nitrogen functional groups attached to an aromatic ring is 2. The predicted octanol–water partition coefficient (Wildman–Crippen LogP) is -0.386. The zero-order chi connectivity index (χ0) is 43.4. The number of azide groups is 1. The second-order valence-corrected chi connectivity index (χ2v) is 16.2. The van der Waals surface area contributed by atoms with E-state index in [9.17, 15) is 48.4 Å². The van der Waals surface area contributed by atoms with Crippen LogP contribution in [0.2, 0.25) is 0 Å². The molecule has 1 aromatic carbocycles. The normalized spacial score (nSPS) is 25.0. The van der Waals surface area contributed by atoms with Gasteiger partial charge in [0.1, 0.15) is 54.3 Å². The Kier molecular flexibility index (Phi) is 13.4. The second-order valence-electron chi connectivity index (χ2n) is 12.9. The third kappa shape index (κ3) is 10.2. The first kappa shape index (κ1) is 44.0. The van der Waals surface area contributed by atoms with Gasteiger partial charge < -0.3 is 65.1 Å². The number of nitrogens with zero attached hydrogens (tertiary/aromatic N) is 9. The van der Waals surface area contributed by atoms with E-state index >= 15 is 0 Å². The lowest BCUT2D eigenvalue weighted by Crippen LogP contribution is -2.40. The number of anilines is 2. The Morgan fingerprint density at radius 2 is 1.67 bits per heavy atom. The van der Waals surface area contributed by atoms with Crippen molar-refractivity contribution in [3.8, 4) is 0 Å². The van der Waals surface area contributed by atoms with Crippen LogP contribution in [-0.2, 0) is 48.5 Å². The summed E-state index contributed by atoms with van der Waals surface area (Å²) in [7, 11) is -10.5. The number of esters is 1. The Morgan fingerprint density at radius 3 is 2.37 bits per heavy atom. The van der Waals surface area contributed by atoms with Crippen LogP contribution >= 0.6 is 15.4 Å². The van der Waals surface area contributed by atoms with Gasteiger partial charge in [0.25, 0.3) is 0 Å². The molecule has 2 fully saturated rings. The molecule has 10 N–H and O–H groups in total. The molecule has 2 saturated heterocycles. The minimum atomic E-state index is -5.25. The fraction of sp³-hybridized carbons (Fsp3) is 0.433. The van der Waals surface area contributed by atoms with E-state index in [1.165, 1.54) is 23.0 Å². The molecule has 0 radical (unpaired) electrons. The molecule has 1 unspecified atom stereocenters. The first-order chi connectivity index (χ1) is 28.5. The Bertz CT molecular complexity index is 2410. The van der Waals surface area contributed by atoms with Gasteiger partial charge in [0.2, 0.25) is 0 Å². The number of benzene rings is 1. The molecule has 4 aromatic rings. The van der Waals surface area contributed by atoms with Crippen LogP contribution in [0, 0.1) is 0 Å². The number of hydrogen-bond donors (Lipinski definition) is 8. The van der Waals surface area contributed by atoms with E-state index in [4.69, 9.17) is 40.5 Å². The first-order valence-corrected chi connectivity index (χ1v) is 20.5. The summed E-state index contributed by atoms with van der Waals surface area (Å²) in [6, 6.07) is 7.33. The number of ether oxygens (including phenoxy) is 4. The number of imidazole rings is 1. The molecule has 9 atom stereocenters. The molecule has 322 valence electrons. The van der Waals surface area contributed by atoms with Gasteiger partial charge in [-0.15, -0.1) is 0 Å². The number of carbonyl (C=O) groups is 2. The molecule has 28 nitrogen and oxygen atoms in total. The van der Waals surface area contributed by atoms with E-state index in [1.54, 1.807) is 12.1 Å². The van der Waals surface area contributed by atoms with Crippen LogP contribution in [0.25, 0.3) is 21.6 Å². The first-order valence-electron chi connectivity index (χ1n) is 17.3. The molecule has 2 aliphatic rings. The van der Waals surface area contributed by atoms with Crippen molar-refractivity contribution in [2.75, 3.05) is 31.2 Å². The molecule has 2 aliphatic heterocycles. The summed E-state index contributed by atoms with van der Waals surface area (Å²) in [6.45, 7) is -2.47. The van der Waals surface area contributed by atoms with Crippen LogP contribution in [0.3, 0.4) is 0 Å². The number of aliphatic hydroxyl groups is 2. The smallest absolute Gasteiger partial charge is 0.456 e. The molecule has 0 bridgehead atoms. The van der Waals surface area contributed by atoms with E-state index in [1.807, 2.05) is 0 Å². The van der Waals surface area contributed by atoms with Gasteiger partial charge in [-0.1, -0.05) is 29.4 Å². The quantitative estimate of drug-likeness (QED) is 0.0234. The Labute approximate surface area is 335 Å². The van der Waals surface area contributed by atoms with Crippen molar-refractivity contribution >= 4 is 56.0 Å². The molecule has 0 saturated carbocycles. The van der Waals surface area contributed by atoms with Crippen molar-refractivity contribution < 1.29 is 71.6 Å². The van der Waals surface area contributed by atoms with Crippen molar-refractivity contribution in [3.05, 3.63) is 75.7 Å². The third-order valence-corrected chi connectivity index (χ3v) is 11.4. The standard InChI is InChI=1S/C30H36N12O16P2/c31-18-6-8-41(29(46)38-18)28-22(45)24(17(57-28)11-55-60(50,51)52)59(48,49)54-10-16-23(21(44)27(56-16)42-13-37-20-25(32)35-12-36-26(20)42)58-19(43)5-7-34-30(47)53-9-14-1-3-15(4-2-14)39-40-33/h1-4,6,8,12-13,16-17,21-24,27-28,44-45H,5,7,9-11H2,(H,34,47)(H,48,49)(H2,31,38,46)(H2,32,35,36)(H2,50,51,52)/t16-,17-,21-,22-,23-,24-,27-,28-/m1/s1. The van der Waals surface area contributed by atoms with Crippen LogP contribution in [0.5, 0.6) is 0 Å². The molecule has 6 rings (SSSR count). The summed E-state index contributed by atoms with van der Waals surface area (Å²) in [5, 5.41) is 28.5. The van der Waals surface area contributed by atoms with Crippen LogP contribution in [-0.4, -0.2) is 122 Å². The number of rotatable bonds is 16. The van der Waals surface area contributed by atoms with E-state index in [0.29, 0.717) is 11.3 Å². The Morgan fingerprint density at radius 1 is 0.967 bits per heavy atom. The summed E-state index contributed by atoms with van der Waals surface area (Å²) >= 11 is 0. The molecule has 0 aliphatic carbocycles. The number of alkyl carbamates (subject to hydrolysis) is 1. The van der Waals surface area contributed by atoms with Crippen LogP contribution < -0.4 is 22.5 Å². The minimum Gasteiger partial charge on any atom is -0.456 e. The lowest BCUT2D eigenvalue weighted by molar-refractivity contribution is -0.156. The van der Waals surface area contributed by atoms with E-state index in [0.717, 1.165) is 23.2 Å². The maximum absolute atomic E-state index is 13.9. The van der Waals surface area contributed by atoms with Crippen LogP contribution in [0.4, 0.5) is 22.1 Å². The topological polar surface area (TPSA) is 416 Å². The van der Waals surface area contributed by atoms with Crippen molar-refractivity contribution in [2.45, 2.75) is 61.7 Å². The van der Waals surface area contributed by atoms with E-state index in [2.05, 4.69) is 39.8 Å². The van der Waals surface area contributed by atoms with E-state index < -0.39 is 101 Å². The molecule has 60 heavy (non-hydrogen) atoms. The fourth-order valence-electron chi connectivity index (χ4n) is 6.23. The van der Waals surface area contributed by atoms with Gasteiger partial charge in [-0.3, -0.25) is 23.0 Å². The number of nitrogens with one attached hydrogen (secondary N) is 1. The summed E-state index contributed by atoms with van der Waals surface area (Å²) < 4.78 is 59.5. The lowest BCUT2D eigenvalue weighted by Gasteiger charge is -2.27. The van der Waals surface area contributed by atoms with Gasteiger partial charge >= 0.3 is 33.2 Å². The number of nitrogens with two attached hydrogens (primary N) is 2. The maximum Gasteiger partial charge on any atom is 0.469 e. The highest BCUT2D eigenvalue weighted by Crippen LogP contribution is 2.56. The molecule has 3 aromatic heterocycles. The highest BCUT2D eigenvalue weighted by molar-refractivity contribution is 7.53. The molecule has 0 spiro atoms. The van der Waals surface area contributed by atoms with Gasteiger partial charge in [0.15, 0.2) is 30.0 Å². The summed E-state index contributed by atoms with van der Waals surface area (Å²) in [4.78, 5) is 86.1. The Balaban J connectivity index is 1.16. The molecular weight excluding hydrogens is 846 g/mol. The van der Waals surface area contributed by atoms with Crippen molar-refractivity contribution in [1.82, 2.24) is 34.4 Å². The molecule has 30 heteroatoms. The van der Waals surface area contributed by atoms with Gasteiger partial charge in [0, 0.05) is 23.3 Å². The highest BCUT2D eigenvalue weighted by atomic mass is 31.2. The van der Waals surface area contributed by atoms with Gasteiger partial charge in [0.05, 0.1) is 26.0 Å². The zero-order valence-corrected chi connectivity index (χ0v) is 32.4. The van der Waals surface area contributed by atoms with Crippen molar-refractivity contribution in [2.24, 2.45) is 5.11 Å². The summed E-state index contributed by atoms with van der Waals surface area (Å²) in [6.07, 6.45) is -10.0. The van der Waals surface area contributed by atoms with Crippen LogP contribution in [0.1, 0.15) is 24.4 Å². The number of fused-ring (bicyclic) bond motifs is 1. The maximum atomic E-state index is 13.9. The number of hydrogen-bond acceptors (Lipinski definition) is 20. The van der Waals surface area contributed by atoms with Gasteiger partial charge in [-0.2, -0.15) is 4.98 Å². The van der Waals surface area contributed by atoms with Crippen molar-refractivity contribution in [3.63, 3.8) is 0 Å². The van der Waals surface area contributed by atoms with E-state index in [-0.39, 0.29) is 36.0 Å². The SMILES string of the molecule is [N-]=[N+]=Nc1ccc(COC(=O)NCCC(=O)O[C@H]2[C@@H](O)[C@H](n3cnc4c(N)ncnc43)O[C@@H]2COP(=O)(O)[C@H]2[C@@H](O)[C@H](n3ccc(N)nc3=O)O[C@@H]2COP(=O)(O)O)cc1. The predicted molar refractivity (Wildman–Crippen MR) is 198 cm³/mol. The molecule has 5 heterocycles. The minimum absolute atomic E-state index is 0.0190. The number of amides is 1. The average Bonchev–Trinajstić information content (AvgIpc) is 3.86. The summed E-state index contributed by atoms with van der Waals surface area (Å²) in [5.41, 5.74) is 18.0. The second kappa shape index (κ2) is 18.3. The monoisotopic (exact) mass is 882 g/mol. The number of aromatic nitrogens is 6. The number of phosphoric ester groups is 1.